The topological polar surface area (TPSA) is 25.8 Å². The second kappa shape index (κ2) is 9.15. The van der Waals surface area contributed by atoms with Gasteiger partial charge in [-0.3, -0.25) is 0 Å². The van der Waals surface area contributed by atoms with E-state index in [1.54, 1.807) is 0 Å². The molecule has 1 aromatic heterocycles. The molecule has 0 fully saturated rings. The first-order valence-electron chi connectivity index (χ1n) is 7.15. The summed E-state index contributed by atoms with van der Waals surface area (Å²) in [4.78, 5) is 8.85. The molecule has 96 valence electrons. The standard InChI is InChI=1S/C15H26N2/c1-3-5-7-10-14(11-8-6-4-2)15-16-12-9-13-17-15/h9,12-14H,3-8,10-11H2,1-2H3. The summed E-state index contributed by atoms with van der Waals surface area (Å²) in [6, 6.07) is 1.90. The Balaban J connectivity index is 2.46. The van der Waals surface area contributed by atoms with Crippen molar-refractivity contribution in [1.29, 1.82) is 0 Å². The fourth-order valence-electron chi connectivity index (χ4n) is 2.21. The molecule has 0 bridgehead atoms. The monoisotopic (exact) mass is 234 g/mol. The third-order valence-electron chi connectivity index (χ3n) is 3.26. The van der Waals surface area contributed by atoms with Crippen LogP contribution in [-0.2, 0) is 0 Å². The number of hydrogen-bond acceptors (Lipinski definition) is 2. The highest BCUT2D eigenvalue weighted by atomic mass is 14.9. The van der Waals surface area contributed by atoms with E-state index >= 15 is 0 Å². The van der Waals surface area contributed by atoms with Crippen molar-refractivity contribution in [3.8, 4) is 0 Å². The smallest absolute Gasteiger partial charge is 0.131 e. The van der Waals surface area contributed by atoms with Crippen molar-refractivity contribution in [3.05, 3.63) is 24.3 Å². The van der Waals surface area contributed by atoms with Crippen LogP contribution in [0.25, 0.3) is 0 Å². The Morgan fingerprint density at radius 3 is 1.88 bits per heavy atom. The molecule has 0 N–H and O–H groups in total. The van der Waals surface area contributed by atoms with Crippen LogP contribution in [0.5, 0.6) is 0 Å². The van der Waals surface area contributed by atoms with Gasteiger partial charge in [-0.15, -0.1) is 0 Å². The molecule has 0 amide bonds. The van der Waals surface area contributed by atoms with Crippen LogP contribution >= 0.6 is 0 Å². The number of rotatable bonds is 9. The maximum absolute atomic E-state index is 4.43. The highest BCUT2D eigenvalue weighted by Crippen LogP contribution is 2.25. The molecule has 0 saturated heterocycles. The molecule has 2 heteroatoms. The molecule has 0 spiro atoms. The van der Waals surface area contributed by atoms with Crippen LogP contribution in [0.4, 0.5) is 0 Å². The molecule has 0 aliphatic rings. The Hall–Kier alpha value is -0.920. The summed E-state index contributed by atoms with van der Waals surface area (Å²) >= 11 is 0. The predicted octanol–water partition coefficient (Wildman–Crippen LogP) is 4.72. The lowest BCUT2D eigenvalue weighted by atomic mass is 9.94. The molecule has 0 atom stereocenters. The van der Waals surface area contributed by atoms with Crippen LogP contribution in [0.3, 0.4) is 0 Å². The van der Waals surface area contributed by atoms with E-state index in [9.17, 15) is 0 Å². The van der Waals surface area contributed by atoms with Gasteiger partial charge in [-0.25, -0.2) is 9.97 Å². The lowest BCUT2D eigenvalue weighted by Gasteiger charge is -2.14. The minimum atomic E-state index is 0.578. The van der Waals surface area contributed by atoms with E-state index in [1.807, 2.05) is 18.5 Å². The zero-order chi connectivity index (χ0) is 12.3. The van der Waals surface area contributed by atoms with Gasteiger partial charge in [0.15, 0.2) is 0 Å². The van der Waals surface area contributed by atoms with Gasteiger partial charge in [0.1, 0.15) is 5.82 Å². The van der Waals surface area contributed by atoms with Crippen LogP contribution in [-0.4, -0.2) is 9.97 Å². The summed E-state index contributed by atoms with van der Waals surface area (Å²) in [5, 5.41) is 0. The summed E-state index contributed by atoms with van der Waals surface area (Å²) in [6.45, 7) is 4.51. The van der Waals surface area contributed by atoms with E-state index < -0.39 is 0 Å². The fraction of sp³-hybridized carbons (Fsp3) is 0.733. The molecule has 0 aliphatic carbocycles. The van der Waals surface area contributed by atoms with Crippen LogP contribution in [0.15, 0.2) is 18.5 Å². The Bertz CT molecular complexity index is 262. The molecule has 2 nitrogen and oxygen atoms in total. The number of aromatic nitrogens is 2. The third-order valence-corrected chi connectivity index (χ3v) is 3.26. The van der Waals surface area contributed by atoms with Crippen LogP contribution in [0.2, 0.25) is 0 Å². The van der Waals surface area contributed by atoms with Crippen molar-refractivity contribution >= 4 is 0 Å². The fourth-order valence-corrected chi connectivity index (χ4v) is 2.21. The summed E-state index contributed by atoms with van der Waals surface area (Å²) in [6.07, 6.45) is 14.1. The van der Waals surface area contributed by atoms with E-state index in [4.69, 9.17) is 0 Å². The highest BCUT2D eigenvalue weighted by molar-refractivity contribution is 4.96. The highest BCUT2D eigenvalue weighted by Gasteiger charge is 2.13. The van der Waals surface area contributed by atoms with Gasteiger partial charge in [-0.05, 0) is 18.9 Å². The number of hydrogen-bond donors (Lipinski definition) is 0. The van der Waals surface area contributed by atoms with Gasteiger partial charge >= 0.3 is 0 Å². The van der Waals surface area contributed by atoms with Gasteiger partial charge in [0.2, 0.25) is 0 Å². The van der Waals surface area contributed by atoms with Crippen LogP contribution in [0, 0.1) is 0 Å². The first-order valence-corrected chi connectivity index (χ1v) is 7.15. The predicted molar refractivity (Wildman–Crippen MR) is 73.1 cm³/mol. The Morgan fingerprint density at radius 2 is 1.41 bits per heavy atom. The molecular formula is C15H26N2. The molecule has 0 aliphatic heterocycles. The largest absolute Gasteiger partial charge is 0.241 e. The normalized spacial score (nSPS) is 11.0. The van der Waals surface area contributed by atoms with Gasteiger partial charge in [0.25, 0.3) is 0 Å². The van der Waals surface area contributed by atoms with Crippen LogP contribution < -0.4 is 0 Å². The quantitative estimate of drug-likeness (QED) is 0.578. The van der Waals surface area contributed by atoms with Crippen molar-refractivity contribution < 1.29 is 0 Å². The molecular weight excluding hydrogens is 208 g/mol. The van der Waals surface area contributed by atoms with E-state index in [0.29, 0.717) is 5.92 Å². The lowest BCUT2D eigenvalue weighted by Crippen LogP contribution is -2.04. The van der Waals surface area contributed by atoms with Crippen molar-refractivity contribution in [2.45, 2.75) is 71.1 Å². The molecule has 1 heterocycles. The molecule has 1 aromatic rings. The van der Waals surface area contributed by atoms with E-state index in [0.717, 1.165) is 5.82 Å². The van der Waals surface area contributed by atoms with Crippen molar-refractivity contribution in [3.63, 3.8) is 0 Å². The maximum Gasteiger partial charge on any atom is 0.131 e. The van der Waals surface area contributed by atoms with Crippen LogP contribution in [0.1, 0.15) is 77.0 Å². The Labute approximate surface area is 106 Å². The second-order valence-electron chi connectivity index (χ2n) is 4.80. The first-order chi connectivity index (χ1) is 8.38. The van der Waals surface area contributed by atoms with Crippen molar-refractivity contribution in [2.24, 2.45) is 0 Å². The summed E-state index contributed by atoms with van der Waals surface area (Å²) in [5.41, 5.74) is 0. The summed E-state index contributed by atoms with van der Waals surface area (Å²) in [7, 11) is 0. The van der Waals surface area contributed by atoms with E-state index in [2.05, 4.69) is 23.8 Å². The zero-order valence-corrected chi connectivity index (χ0v) is 11.4. The van der Waals surface area contributed by atoms with Crippen molar-refractivity contribution in [1.82, 2.24) is 9.97 Å². The number of nitrogens with zero attached hydrogens (tertiary/aromatic N) is 2. The average molecular weight is 234 g/mol. The molecule has 1 rings (SSSR count). The second-order valence-corrected chi connectivity index (χ2v) is 4.80. The first kappa shape index (κ1) is 14.1. The number of unbranched alkanes of at least 4 members (excludes halogenated alkanes) is 4. The third kappa shape index (κ3) is 5.81. The van der Waals surface area contributed by atoms with Gasteiger partial charge in [0.05, 0.1) is 0 Å². The van der Waals surface area contributed by atoms with Gasteiger partial charge in [-0.1, -0.05) is 52.4 Å². The Kier molecular flexibility index (Phi) is 7.61. The average Bonchev–Trinajstić information content (AvgIpc) is 2.38. The van der Waals surface area contributed by atoms with Crippen molar-refractivity contribution in [2.75, 3.05) is 0 Å². The molecule has 0 radical (unpaired) electrons. The summed E-state index contributed by atoms with van der Waals surface area (Å²) in [5.74, 6) is 1.63. The van der Waals surface area contributed by atoms with Gasteiger partial charge in [0, 0.05) is 18.3 Å². The SMILES string of the molecule is CCCCCC(CCCCC)c1ncccn1. The zero-order valence-electron chi connectivity index (χ0n) is 11.4. The molecule has 0 saturated carbocycles. The molecule has 0 aromatic carbocycles. The van der Waals surface area contributed by atoms with Gasteiger partial charge < -0.3 is 0 Å². The maximum atomic E-state index is 4.43. The summed E-state index contributed by atoms with van der Waals surface area (Å²) < 4.78 is 0. The van der Waals surface area contributed by atoms with E-state index in [1.165, 1.54) is 51.4 Å². The van der Waals surface area contributed by atoms with Gasteiger partial charge in [-0.2, -0.15) is 0 Å². The minimum absolute atomic E-state index is 0.578. The van der Waals surface area contributed by atoms with E-state index in [-0.39, 0.29) is 0 Å². The Morgan fingerprint density at radius 1 is 0.882 bits per heavy atom. The molecule has 0 unspecified atom stereocenters. The minimum Gasteiger partial charge on any atom is -0.241 e. The lowest BCUT2D eigenvalue weighted by molar-refractivity contribution is 0.487. The molecule has 17 heavy (non-hydrogen) atoms.